The first-order valence-corrected chi connectivity index (χ1v) is 7.07. The third kappa shape index (κ3) is 5.63. The van der Waals surface area contributed by atoms with Gasteiger partial charge in [-0.3, -0.25) is 0 Å². The summed E-state index contributed by atoms with van der Waals surface area (Å²) in [6, 6.07) is 2.27. The van der Waals surface area contributed by atoms with E-state index < -0.39 is 18.6 Å². The Hall–Kier alpha value is -1.14. The monoisotopic (exact) mass is 325 g/mol. The highest BCUT2D eigenvalue weighted by molar-refractivity contribution is 6.31. The van der Waals surface area contributed by atoms with Crippen molar-refractivity contribution in [3.63, 3.8) is 0 Å². The van der Waals surface area contributed by atoms with Crippen molar-refractivity contribution in [1.29, 1.82) is 0 Å². The van der Waals surface area contributed by atoms with Crippen molar-refractivity contribution >= 4 is 11.6 Å². The molecule has 1 atom stereocenters. The molecular weight excluding hydrogens is 307 g/mol. The topological polar surface area (TPSA) is 44.5 Å². The number of ether oxygens (including phenoxy) is 2. The van der Waals surface area contributed by atoms with Gasteiger partial charge in [-0.1, -0.05) is 11.6 Å². The first kappa shape index (κ1) is 17.9. The Balaban J connectivity index is 2.98. The van der Waals surface area contributed by atoms with Gasteiger partial charge in [0, 0.05) is 23.6 Å². The number of benzene rings is 1. The van der Waals surface area contributed by atoms with Crippen molar-refractivity contribution < 1.29 is 22.6 Å². The summed E-state index contributed by atoms with van der Waals surface area (Å²) >= 11 is 6.09. The zero-order valence-corrected chi connectivity index (χ0v) is 12.7. The molecule has 0 amide bonds. The number of hydrogen-bond donors (Lipinski definition) is 1. The number of halogens is 4. The quantitative estimate of drug-likeness (QED) is 0.804. The highest BCUT2D eigenvalue weighted by atomic mass is 35.5. The maximum absolute atomic E-state index is 12.3. The Morgan fingerprint density at radius 1 is 1.14 bits per heavy atom. The van der Waals surface area contributed by atoms with Gasteiger partial charge in [0.05, 0.1) is 13.2 Å². The molecular formula is C14H19ClF3NO2. The third-order valence-electron chi connectivity index (χ3n) is 2.80. The summed E-state index contributed by atoms with van der Waals surface area (Å²) in [6.07, 6.45) is -5.43. The van der Waals surface area contributed by atoms with Gasteiger partial charge in [0.1, 0.15) is 0 Å². The minimum atomic E-state index is -4.24. The summed E-state index contributed by atoms with van der Waals surface area (Å²) in [5.41, 5.74) is 6.24. The minimum Gasteiger partial charge on any atom is -0.490 e. The molecule has 2 N–H and O–H groups in total. The van der Waals surface area contributed by atoms with Gasteiger partial charge in [0.2, 0.25) is 0 Å². The Kier molecular flexibility index (Phi) is 6.61. The molecule has 0 fully saturated rings. The maximum atomic E-state index is 12.3. The van der Waals surface area contributed by atoms with E-state index in [1.807, 2.05) is 6.92 Å². The minimum absolute atomic E-state index is 0.233. The first-order chi connectivity index (χ1) is 9.78. The van der Waals surface area contributed by atoms with E-state index >= 15 is 0 Å². The summed E-state index contributed by atoms with van der Waals surface area (Å²) in [6.45, 7) is 4.44. The molecule has 0 bridgehead atoms. The predicted octanol–water partition coefficient (Wildman–Crippen LogP) is 4.48. The molecule has 1 aromatic rings. The van der Waals surface area contributed by atoms with Crippen molar-refractivity contribution in [2.75, 3.05) is 13.2 Å². The summed E-state index contributed by atoms with van der Waals surface area (Å²) in [5.74, 6) is 0.886. The molecule has 21 heavy (non-hydrogen) atoms. The smallest absolute Gasteiger partial charge is 0.389 e. The maximum Gasteiger partial charge on any atom is 0.389 e. The van der Waals surface area contributed by atoms with Gasteiger partial charge in [0.15, 0.2) is 11.5 Å². The molecule has 7 heteroatoms. The SMILES string of the molecule is CCOc1cc(Cl)c(C(N)CCC(F)(F)F)cc1OCC. The van der Waals surface area contributed by atoms with Crippen molar-refractivity contribution in [3.05, 3.63) is 22.7 Å². The lowest BCUT2D eigenvalue weighted by atomic mass is 10.0. The highest BCUT2D eigenvalue weighted by Crippen LogP contribution is 2.37. The first-order valence-electron chi connectivity index (χ1n) is 6.69. The van der Waals surface area contributed by atoms with Crippen LogP contribution in [0.5, 0.6) is 11.5 Å². The van der Waals surface area contributed by atoms with Crippen LogP contribution in [-0.4, -0.2) is 19.4 Å². The van der Waals surface area contributed by atoms with E-state index in [1.165, 1.54) is 6.07 Å². The fourth-order valence-electron chi connectivity index (χ4n) is 1.85. The van der Waals surface area contributed by atoms with Crippen molar-refractivity contribution in [3.8, 4) is 11.5 Å². The summed E-state index contributed by atoms with van der Waals surface area (Å²) in [4.78, 5) is 0. The highest BCUT2D eigenvalue weighted by Gasteiger charge is 2.28. The van der Waals surface area contributed by atoms with E-state index in [-0.39, 0.29) is 11.4 Å². The molecule has 0 spiro atoms. The lowest BCUT2D eigenvalue weighted by molar-refractivity contribution is -0.136. The van der Waals surface area contributed by atoms with Crippen LogP contribution in [0.3, 0.4) is 0 Å². The molecule has 0 aromatic heterocycles. The number of alkyl halides is 3. The van der Waals surface area contributed by atoms with E-state index in [9.17, 15) is 13.2 Å². The van der Waals surface area contributed by atoms with Crippen molar-refractivity contribution in [1.82, 2.24) is 0 Å². The van der Waals surface area contributed by atoms with Crippen LogP contribution in [0.25, 0.3) is 0 Å². The van der Waals surface area contributed by atoms with Crippen LogP contribution in [0, 0.1) is 0 Å². The van der Waals surface area contributed by atoms with Crippen molar-refractivity contribution in [2.45, 2.75) is 38.9 Å². The van der Waals surface area contributed by atoms with Gasteiger partial charge in [-0.05, 0) is 31.9 Å². The van der Waals surface area contributed by atoms with E-state index in [1.54, 1.807) is 13.0 Å². The Morgan fingerprint density at radius 3 is 2.14 bits per heavy atom. The van der Waals surface area contributed by atoms with Crippen LogP contribution < -0.4 is 15.2 Å². The molecule has 120 valence electrons. The lowest BCUT2D eigenvalue weighted by Crippen LogP contribution is -2.16. The number of rotatable bonds is 7. The molecule has 0 saturated carbocycles. The summed E-state index contributed by atoms with van der Waals surface area (Å²) in [7, 11) is 0. The molecule has 3 nitrogen and oxygen atoms in total. The normalized spacial score (nSPS) is 13.1. The van der Waals surface area contributed by atoms with Crippen LogP contribution in [0.1, 0.15) is 38.3 Å². The molecule has 0 saturated heterocycles. The predicted molar refractivity (Wildman–Crippen MR) is 76.0 cm³/mol. The zero-order valence-electron chi connectivity index (χ0n) is 12.0. The molecule has 1 rings (SSSR count). The van der Waals surface area contributed by atoms with Gasteiger partial charge in [0.25, 0.3) is 0 Å². The van der Waals surface area contributed by atoms with Gasteiger partial charge >= 0.3 is 6.18 Å². The van der Waals surface area contributed by atoms with E-state index in [0.717, 1.165) is 0 Å². The molecule has 1 aromatic carbocycles. The zero-order chi connectivity index (χ0) is 16.0. The van der Waals surface area contributed by atoms with E-state index in [4.69, 9.17) is 26.8 Å². The standard InChI is InChI=1S/C14H19ClF3NO2/c1-3-20-12-7-9(10(15)8-13(12)21-4-2)11(19)5-6-14(16,17)18/h7-8,11H,3-6,19H2,1-2H3. The molecule has 0 radical (unpaired) electrons. The Morgan fingerprint density at radius 2 is 1.67 bits per heavy atom. The van der Waals surface area contributed by atoms with Gasteiger partial charge in [-0.25, -0.2) is 0 Å². The molecule has 0 heterocycles. The molecule has 0 aliphatic rings. The Bertz CT molecular complexity index is 466. The molecule has 1 unspecified atom stereocenters. The summed E-state index contributed by atoms with van der Waals surface area (Å²) < 4.78 is 47.6. The van der Waals surface area contributed by atoms with Crippen LogP contribution >= 0.6 is 11.6 Å². The average Bonchev–Trinajstić information content (AvgIpc) is 2.38. The van der Waals surface area contributed by atoms with Gasteiger partial charge in [-0.2, -0.15) is 13.2 Å². The average molecular weight is 326 g/mol. The van der Waals surface area contributed by atoms with Crippen LogP contribution in [-0.2, 0) is 0 Å². The third-order valence-corrected chi connectivity index (χ3v) is 3.13. The second-order valence-corrected chi connectivity index (χ2v) is 4.85. The lowest BCUT2D eigenvalue weighted by Gasteiger charge is -2.18. The van der Waals surface area contributed by atoms with Gasteiger partial charge < -0.3 is 15.2 Å². The second-order valence-electron chi connectivity index (χ2n) is 4.45. The van der Waals surface area contributed by atoms with Crippen LogP contribution in [0.15, 0.2) is 12.1 Å². The van der Waals surface area contributed by atoms with E-state index in [0.29, 0.717) is 30.3 Å². The van der Waals surface area contributed by atoms with Crippen LogP contribution in [0.4, 0.5) is 13.2 Å². The van der Waals surface area contributed by atoms with Gasteiger partial charge in [-0.15, -0.1) is 0 Å². The largest absolute Gasteiger partial charge is 0.490 e. The van der Waals surface area contributed by atoms with E-state index in [2.05, 4.69) is 0 Å². The fourth-order valence-corrected chi connectivity index (χ4v) is 2.14. The molecule has 0 aliphatic carbocycles. The summed E-state index contributed by atoms with van der Waals surface area (Å²) in [5, 5.41) is 0.275. The number of hydrogen-bond acceptors (Lipinski definition) is 3. The van der Waals surface area contributed by atoms with Crippen molar-refractivity contribution in [2.24, 2.45) is 5.73 Å². The molecule has 0 aliphatic heterocycles. The van der Waals surface area contributed by atoms with Crippen LogP contribution in [0.2, 0.25) is 5.02 Å². The fraction of sp³-hybridized carbons (Fsp3) is 0.571. The second kappa shape index (κ2) is 7.75. The number of nitrogens with two attached hydrogens (primary N) is 1. The Labute approximate surface area is 127 Å².